The van der Waals surface area contributed by atoms with Gasteiger partial charge in [-0.25, -0.2) is 12.7 Å². The van der Waals surface area contributed by atoms with Crippen molar-refractivity contribution in [2.24, 2.45) is 0 Å². The molecule has 1 aliphatic rings. The number of rotatable bonds is 8. The lowest BCUT2D eigenvalue weighted by atomic mass is 10.1. The van der Waals surface area contributed by atoms with E-state index >= 15 is 0 Å². The Kier molecular flexibility index (Phi) is 7.22. The van der Waals surface area contributed by atoms with Gasteiger partial charge in [-0.15, -0.1) is 16.8 Å². The molecular weight excluding hydrogens is 416 g/mol. The number of benzene rings is 1. The molecule has 150 valence electrons. The fourth-order valence-corrected chi connectivity index (χ4v) is 5.93. The Balaban J connectivity index is 1.59. The van der Waals surface area contributed by atoms with Crippen LogP contribution in [0.4, 0.5) is 5.13 Å². The molecule has 1 aromatic heterocycles. The maximum atomic E-state index is 12.5. The highest BCUT2D eigenvalue weighted by Gasteiger charge is 2.24. The van der Waals surface area contributed by atoms with Gasteiger partial charge in [0, 0.05) is 24.4 Å². The smallest absolute Gasteiger partial charge is 0.257 e. The van der Waals surface area contributed by atoms with Gasteiger partial charge in [-0.2, -0.15) is 0 Å². The summed E-state index contributed by atoms with van der Waals surface area (Å²) >= 11 is 2.80. The summed E-state index contributed by atoms with van der Waals surface area (Å²) in [7, 11) is -3.32. The third-order valence-electron chi connectivity index (χ3n) is 4.23. The highest BCUT2D eigenvalue weighted by molar-refractivity contribution is 8.01. The van der Waals surface area contributed by atoms with Crippen LogP contribution in [0.15, 0.2) is 41.3 Å². The van der Waals surface area contributed by atoms with Crippen LogP contribution in [0.2, 0.25) is 0 Å². The molecule has 1 aliphatic heterocycles. The Hall–Kier alpha value is -1.75. The van der Waals surface area contributed by atoms with Gasteiger partial charge in [-0.3, -0.25) is 10.1 Å². The van der Waals surface area contributed by atoms with Crippen LogP contribution < -0.4 is 5.32 Å². The second-order valence-electron chi connectivity index (χ2n) is 6.34. The number of piperidine rings is 1. The van der Waals surface area contributed by atoms with Crippen LogP contribution in [0, 0.1) is 0 Å². The molecule has 1 amide bonds. The molecule has 1 aromatic carbocycles. The van der Waals surface area contributed by atoms with Crippen LogP contribution in [-0.2, 0) is 15.8 Å². The van der Waals surface area contributed by atoms with Gasteiger partial charge < -0.3 is 0 Å². The minimum atomic E-state index is -3.32. The molecule has 2 heterocycles. The van der Waals surface area contributed by atoms with E-state index in [1.165, 1.54) is 23.1 Å². The molecule has 28 heavy (non-hydrogen) atoms. The summed E-state index contributed by atoms with van der Waals surface area (Å²) < 4.78 is 27.4. The third-order valence-corrected chi connectivity index (χ3v) is 8.04. The average Bonchev–Trinajstić information content (AvgIpc) is 3.14. The summed E-state index contributed by atoms with van der Waals surface area (Å²) in [5.41, 5.74) is 1.11. The zero-order chi connectivity index (χ0) is 20.0. The van der Waals surface area contributed by atoms with E-state index in [0.29, 0.717) is 29.3 Å². The molecule has 1 N–H and O–H groups in total. The van der Waals surface area contributed by atoms with Crippen molar-refractivity contribution in [1.82, 2.24) is 14.5 Å². The minimum absolute atomic E-state index is 0.0464. The van der Waals surface area contributed by atoms with Crippen molar-refractivity contribution < 1.29 is 13.2 Å². The molecule has 2 aromatic rings. The Bertz CT molecular complexity index is 920. The summed E-state index contributed by atoms with van der Waals surface area (Å²) in [4.78, 5) is 12.4. The number of amides is 1. The van der Waals surface area contributed by atoms with Crippen molar-refractivity contribution in [2.45, 2.75) is 29.4 Å². The summed E-state index contributed by atoms with van der Waals surface area (Å²) in [6, 6.07) is 6.62. The molecular formula is C18H22N4O3S3. The maximum Gasteiger partial charge on any atom is 0.257 e. The monoisotopic (exact) mass is 438 g/mol. The second-order valence-corrected chi connectivity index (χ2v) is 10.6. The molecule has 0 unspecified atom stereocenters. The van der Waals surface area contributed by atoms with Gasteiger partial charge in [-0.1, -0.05) is 47.7 Å². The van der Waals surface area contributed by atoms with E-state index in [9.17, 15) is 13.2 Å². The highest BCUT2D eigenvalue weighted by Crippen LogP contribution is 2.25. The molecule has 10 heteroatoms. The zero-order valence-corrected chi connectivity index (χ0v) is 17.8. The van der Waals surface area contributed by atoms with Crippen molar-refractivity contribution in [2.75, 3.05) is 24.2 Å². The average molecular weight is 439 g/mol. The summed E-state index contributed by atoms with van der Waals surface area (Å²) in [5, 5.41) is 11.1. The topological polar surface area (TPSA) is 92.3 Å². The number of aromatic nitrogens is 2. The van der Waals surface area contributed by atoms with Crippen LogP contribution in [0.3, 0.4) is 0 Å². The number of nitrogens with one attached hydrogen (secondary N) is 1. The molecule has 1 fully saturated rings. The summed E-state index contributed by atoms with van der Waals surface area (Å²) in [6.45, 7) is 4.84. The first-order valence-corrected chi connectivity index (χ1v) is 12.3. The molecule has 0 spiro atoms. The summed E-state index contributed by atoms with van der Waals surface area (Å²) in [5.74, 6) is 0.376. The van der Waals surface area contributed by atoms with Gasteiger partial charge in [-0.05, 0) is 30.5 Å². The molecule has 0 aliphatic carbocycles. The zero-order valence-electron chi connectivity index (χ0n) is 15.3. The van der Waals surface area contributed by atoms with E-state index < -0.39 is 10.0 Å². The van der Waals surface area contributed by atoms with E-state index in [0.717, 1.165) is 29.4 Å². The van der Waals surface area contributed by atoms with Gasteiger partial charge in [0.15, 0.2) is 4.34 Å². The first-order chi connectivity index (χ1) is 13.5. The number of carbonyl (C=O) groups excluding carboxylic acids is 1. The number of anilines is 1. The molecule has 7 nitrogen and oxygen atoms in total. The van der Waals surface area contributed by atoms with Crippen LogP contribution >= 0.6 is 23.1 Å². The van der Waals surface area contributed by atoms with E-state index in [1.807, 2.05) is 0 Å². The van der Waals surface area contributed by atoms with Gasteiger partial charge in [0.25, 0.3) is 5.91 Å². The third kappa shape index (κ3) is 5.63. The molecule has 0 atom stereocenters. The molecule has 0 saturated carbocycles. The summed E-state index contributed by atoms with van der Waals surface area (Å²) in [6.07, 6.45) is 4.69. The van der Waals surface area contributed by atoms with Crippen molar-refractivity contribution >= 4 is 44.2 Å². The van der Waals surface area contributed by atoms with E-state index in [4.69, 9.17) is 0 Å². The van der Waals surface area contributed by atoms with E-state index in [1.54, 1.807) is 34.6 Å². The largest absolute Gasteiger partial charge is 0.296 e. The Morgan fingerprint density at radius 1 is 1.21 bits per heavy atom. The Labute approximate surface area is 173 Å². The highest BCUT2D eigenvalue weighted by atomic mass is 32.2. The molecule has 0 radical (unpaired) electrons. The number of hydrogen-bond donors (Lipinski definition) is 1. The molecule has 3 rings (SSSR count). The predicted octanol–water partition coefficient (Wildman–Crippen LogP) is 3.38. The van der Waals surface area contributed by atoms with Crippen LogP contribution in [0.25, 0.3) is 0 Å². The lowest BCUT2D eigenvalue weighted by molar-refractivity contribution is 0.102. The van der Waals surface area contributed by atoms with Crippen molar-refractivity contribution in [3.63, 3.8) is 0 Å². The number of nitrogens with zero attached hydrogens (tertiary/aromatic N) is 3. The van der Waals surface area contributed by atoms with Gasteiger partial charge in [0.1, 0.15) is 0 Å². The standard InChI is InChI=1S/C18H22N4O3S3/c1-2-12-26-18-21-20-17(27-18)19-16(23)15-8-6-14(7-9-15)13-28(24,25)22-10-4-3-5-11-22/h2,6-9H,1,3-5,10-13H2,(H,19,20,23). The van der Waals surface area contributed by atoms with Crippen LogP contribution in [-0.4, -0.2) is 47.7 Å². The fourth-order valence-electron chi connectivity index (χ4n) is 2.82. The number of carbonyl (C=O) groups is 1. The van der Waals surface area contributed by atoms with Gasteiger partial charge in [0.05, 0.1) is 5.75 Å². The fraction of sp³-hybridized carbons (Fsp3) is 0.389. The predicted molar refractivity (Wildman–Crippen MR) is 113 cm³/mol. The number of thioether (sulfide) groups is 1. The van der Waals surface area contributed by atoms with Crippen LogP contribution in [0.1, 0.15) is 35.2 Å². The van der Waals surface area contributed by atoms with Crippen molar-refractivity contribution in [3.05, 3.63) is 48.0 Å². The first-order valence-electron chi connectivity index (χ1n) is 8.93. The van der Waals surface area contributed by atoms with E-state index in [2.05, 4.69) is 22.1 Å². The Morgan fingerprint density at radius 3 is 2.61 bits per heavy atom. The minimum Gasteiger partial charge on any atom is -0.296 e. The van der Waals surface area contributed by atoms with Crippen LogP contribution in [0.5, 0.6) is 0 Å². The normalized spacial score (nSPS) is 15.3. The van der Waals surface area contributed by atoms with Crippen molar-refractivity contribution in [1.29, 1.82) is 0 Å². The van der Waals surface area contributed by atoms with Gasteiger partial charge in [0.2, 0.25) is 15.2 Å². The lowest BCUT2D eigenvalue weighted by Gasteiger charge is -2.25. The molecule has 0 bridgehead atoms. The molecule has 1 saturated heterocycles. The number of hydrogen-bond acceptors (Lipinski definition) is 7. The second kappa shape index (κ2) is 9.64. The maximum absolute atomic E-state index is 12.5. The van der Waals surface area contributed by atoms with E-state index in [-0.39, 0.29) is 11.7 Å². The quantitative estimate of drug-likeness (QED) is 0.386. The van der Waals surface area contributed by atoms with Gasteiger partial charge >= 0.3 is 0 Å². The SMILES string of the molecule is C=CCSc1nnc(NC(=O)c2ccc(CS(=O)(=O)N3CCCCC3)cc2)s1. The first kappa shape index (κ1) is 21.0. The lowest BCUT2D eigenvalue weighted by Crippen LogP contribution is -2.36. The number of sulfonamides is 1. The van der Waals surface area contributed by atoms with Crippen molar-refractivity contribution in [3.8, 4) is 0 Å². The Morgan fingerprint density at radius 2 is 1.93 bits per heavy atom.